The fourth-order valence-electron chi connectivity index (χ4n) is 2.67. The van der Waals surface area contributed by atoms with Crippen LogP contribution < -0.4 is 4.74 Å². The van der Waals surface area contributed by atoms with Crippen molar-refractivity contribution < 1.29 is 4.74 Å². The Kier molecular flexibility index (Phi) is 3.23. The summed E-state index contributed by atoms with van der Waals surface area (Å²) in [6.07, 6.45) is 1.39. The van der Waals surface area contributed by atoms with Crippen LogP contribution in [0, 0.1) is 25.2 Å². The number of hydrogen-bond donors (Lipinski definition) is 0. The second-order valence-electron chi connectivity index (χ2n) is 5.21. The van der Waals surface area contributed by atoms with Crippen LogP contribution in [-0.4, -0.2) is 11.6 Å². The van der Waals surface area contributed by atoms with E-state index in [-0.39, 0.29) is 0 Å². The first kappa shape index (κ1) is 13.1. The van der Waals surface area contributed by atoms with Gasteiger partial charge in [0.05, 0.1) is 28.8 Å². The molecule has 0 radical (unpaired) electrons. The Morgan fingerprint density at radius 1 is 1.40 bits per heavy atom. The van der Waals surface area contributed by atoms with E-state index in [1.165, 1.54) is 4.88 Å². The zero-order valence-corrected chi connectivity index (χ0v) is 12.5. The Morgan fingerprint density at radius 3 is 2.90 bits per heavy atom. The molecule has 102 valence electrons. The summed E-state index contributed by atoms with van der Waals surface area (Å²) in [5, 5.41) is 10.8. The highest BCUT2D eigenvalue weighted by atomic mass is 32.1. The molecule has 0 N–H and O–H groups in total. The predicted molar refractivity (Wildman–Crippen MR) is 79.1 cm³/mol. The van der Waals surface area contributed by atoms with Crippen LogP contribution in [0.15, 0.2) is 24.3 Å². The standard InChI is InChI=1S/C16H16N2OS/c1-11-12(2)20-15(18-11)9-16(10-17)7-8-19-14-6-4-3-5-13(14)16/h3-6H,7-9H2,1-2H3. The number of fused-ring (bicyclic) bond motifs is 1. The zero-order chi connectivity index (χ0) is 14.2. The van der Waals surface area contributed by atoms with E-state index in [1.54, 1.807) is 11.3 Å². The Hall–Kier alpha value is -1.86. The van der Waals surface area contributed by atoms with Crippen LogP contribution in [0.3, 0.4) is 0 Å². The van der Waals surface area contributed by atoms with Gasteiger partial charge in [0.2, 0.25) is 0 Å². The molecule has 1 aromatic carbocycles. The lowest BCUT2D eigenvalue weighted by molar-refractivity contribution is 0.241. The summed E-state index contributed by atoms with van der Waals surface area (Å²) in [5.74, 6) is 0.838. The summed E-state index contributed by atoms with van der Waals surface area (Å²) in [7, 11) is 0. The molecule has 0 fully saturated rings. The molecule has 0 spiro atoms. The zero-order valence-electron chi connectivity index (χ0n) is 11.6. The summed E-state index contributed by atoms with van der Waals surface area (Å²) in [6, 6.07) is 10.4. The molecular weight excluding hydrogens is 268 g/mol. The summed E-state index contributed by atoms with van der Waals surface area (Å²) < 4.78 is 5.68. The van der Waals surface area contributed by atoms with E-state index in [2.05, 4.69) is 18.0 Å². The van der Waals surface area contributed by atoms with Crippen LogP contribution in [-0.2, 0) is 11.8 Å². The molecule has 0 saturated carbocycles. The molecule has 0 saturated heterocycles. The number of ether oxygens (including phenoxy) is 1. The maximum Gasteiger partial charge on any atom is 0.124 e. The molecule has 4 heteroatoms. The van der Waals surface area contributed by atoms with Gasteiger partial charge in [-0.15, -0.1) is 11.3 Å². The lowest BCUT2D eigenvalue weighted by Crippen LogP contribution is -2.33. The van der Waals surface area contributed by atoms with Gasteiger partial charge in [0.25, 0.3) is 0 Å². The Bertz CT molecular complexity index is 667. The van der Waals surface area contributed by atoms with Crippen molar-refractivity contribution in [2.24, 2.45) is 0 Å². The summed E-state index contributed by atoms with van der Waals surface area (Å²) in [4.78, 5) is 5.83. The number of para-hydroxylation sites is 1. The van der Waals surface area contributed by atoms with Crippen LogP contribution >= 0.6 is 11.3 Å². The molecule has 3 nitrogen and oxygen atoms in total. The van der Waals surface area contributed by atoms with E-state index in [4.69, 9.17) is 4.74 Å². The first-order valence-corrected chi connectivity index (χ1v) is 7.53. The maximum absolute atomic E-state index is 9.80. The van der Waals surface area contributed by atoms with Crippen molar-refractivity contribution >= 4 is 11.3 Å². The van der Waals surface area contributed by atoms with Gasteiger partial charge in [-0.3, -0.25) is 0 Å². The molecule has 2 heterocycles. The van der Waals surface area contributed by atoms with Crippen molar-refractivity contribution in [3.63, 3.8) is 0 Å². The molecule has 2 aromatic rings. The largest absolute Gasteiger partial charge is 0.493 e. The minimum atomic E-state index is -0.508. The van der Waals surface area contributed by atoms with Crippen molar-refractivity contribution in [3.8, 4) is 11.8 Å². The molecule has 0 bridgehead atoms. The third kappa shape index (κ3) is 2.08. The second-order valence-corrected chi connectivity index (χ2v) is 6.50. The summed E-state index contributed by atoms with van der Waals surface area (Å²) in [5.41, 5.74) is 1.56. The Labute approximate surface area is 122 Å². The number of nitriles is 1. The fraction of sp³-hybridized carbons (Fsp3) is 0.375. The van der Waals surface area contributed by atoms with Gasteiger partial charge in [0, 0.05) is 23.3 Å². The number of rotatable bonds is 2. The monoisotopic (exact) mass is 284 g/mol. The number of aromatic nitrogens is 1. The number of hydrogen-bond acceptors (Lipinski definition) is 4. The van der Waals surface area contributed by atoms with Crippen LogP contribution in [0.1, 0.15) is 27.6 Å². The summed E-state index contributed by atoms with van der Waals surface area (Å²) >= 11 is 1.69. The van der Waals surface area contributed by atoms with Crippen LogP contribution in [0.2, 0.25) is 0 Å². The molecule has 1 unspecified atom stereocenters. The number of benzene rings is 1. The van der Waals surface area contributed by atoms with E-state index in [0.717, 1.165) is 28.4 Å². The van der Waals surface area contributed by atoms with Crippen molar-refractivity contribution in [3.05, 3.63) is 45.4 Å². The quantitative estimate of drug-likeness (QED) is 0.847. The highest BCUT2D eigenvalue weighted by Gasteiger charge is 2.39. The van der Waals surface area contributed by atoms with E-state index in [0.29, 0.717) is 13.0 Å². The average molecular weight is 284 g/mol. The minimum absolute atomic E-state index is 0.508. The van der Waals surface area contributed by atoms with Crippen molar-refractivity contribution in [2.75, 3.05) is 6.61 Å². The van der Waals surface area contributed by atoms with Gasteiger partial charge in [-0.1, -0.05) is 18.2 Å². The van der Waals surface area contributed by atoms with Crippen LogP contribution in [0.5, 0.6) is 5.75 Å². The van der Waals surface area contributed by atoms with Gasteiger partial charge >= 0.3 is 0 Å². The number of thiazole rings is 1. The lowest BCUT2D eigenvalue weighted by atomic mass is 9.75. The van der Waals surface area contributed by atoms with E-state index < -0.39 is 5.41 Å². The predicted octanol–water partition coefficient (Wildman–Crippen LogP) is 3.55. The number of nitrogens with zero attached hydrogens (tertiary/aromatic N) is 2. The average Bonchev–Trinajstić information content (AvgIpc) is 2.77. The van der Waals surface area contributed by atoms with E-state index in [9.17, 15) is 5.26 Å². The van der Waals surface area contributed by atoms with Gasteiger partial charge in [-0.25, -0.2) is 4.98 Å². The Morgan fingerprint density at radius 2 is 2.20 bits per heavy atom. The SMILES string of the molecule is Cc1nc(CC2(C#N)CCOc3ccccc32)sc1C. The molecule has 1 aliphatic rings. The molecule has 1 aliphatic heterocycles. The molecule has 1 atom stereocenters. The topological polar surface area (TPSA) is 45.9 Å². The van der Waals surface area contributed by atoms with Crippen LogP contribution in [0.25, 0.3) is 0 Å². The highest BCUT2D eigenvalue weighted by molar-refractivity contribution is 7.11. The highest BCUT2D eigenvalue weighted by Crippen LogP contribution is 2.41. The van der Waals surface area contributed by atoms with Gasteiger partial charge < -0.3 is 4.74 Å². The molecule has 20 heavy (non-hydrogen) atoms. The van der Waals surface area contributed by atoms with Crippen molar-refractivity contribution in [1.82, 2.24) is 4.98 Å². The molecule has 0 aliphatic carbocycles. The maximum atomic E-state index is 9.80. The third-order valence-electron chi connectivity index (χ3n) is 3.93. The fourth-order valence-corrected chi connectivity index (χ4v) is 3.72. The molecular formula is C16H16N2OS. The van der Waals surface area contributed by atoms with E-state index in [1.807, 2.05) is 31.2 Å². The van der Waals surface area contributed by atoms with Gasteiger partial charge in [0.15, 0.2) is 0 Å². The molecule has 3 rings (SSSR count). The molecule has 0 amide bonds. The Balaban J connectivity index is 2.03. The summed E-state index contributed by atoms with van der Waals surface area (Å²) in [6.45, 7) is 4.69. The minimum Gasteiger partial charge on any atom is -0.493 e. The third-order valence-corrected chi connectivity index (χ3v) is 5.00. The van der Waals surface area contributed by atoms with E-state index >= 15 is 0 Å². The molecule has 1 aromatic heterocycles. The van der Waals surface area contributed by atoms with Gasteiger partial charge in [-0.05, 0) is 19.9 Å². The first-order chi connectivity index (χ1) is 9.64. The van der Waals surface area contributed by atoms with Gasteiger partial charge in [-0.2, -0.15) is 5.26 Å². The lowest BCUT2D eigenvalue weighted by Gasteiger charge is -2.32. The van der Waals surface area contributed by atoms with Crippen molar-refractivity contribution in [2.45, 2.75) is 32.1 Å². The van der Waals surface area contributed by atoms with Crippen LogP contribution in [0.4, 0.5) is 0 Å². The number of aryl methyl sites for hydroxylation is 2. The second kappa shape index (κ2) is 4.92. The normalized spacial score (nSPS) is 20.9. The van der Waals surface area contributed by atoms with Crippen molar-refractivity contribution in [1.29, 1.82) is 5.26 Å². The smallest absolute Gasteiger partial charge is 0.124 e. The van der Waals surface area contributed by atoms with Gasteiger partial charge in [0.1, 0.15) is 5.75 Å². The first-order valence-electron chi connectivity index (χ1n) is 6.71.